The summed E-state index contributed by atoms with van der Waals surface area (Å²) in [6.45, 7) is 6.39. The maximum atomic E-state index is 13.8. The normalized spacial score (nSPS) is 23.6. The van der Waals surface area contributed by atoms with E-state index in [2.05, 4.69) is 25.2 Å². The predicted octanol–water partition coefficient (Wildman–Crippen LogP) is 5.35. The standard InChI is InChI=1S/C28H28N2O4/c1-17-8-4-5-9-22(17)26(31)29-21-14-12-20(13-15-21)27(32)30-24-11-7-6-10-23(24)18(2)19(3)25-28(30)34-16-33-25/h4-15,18-19,25,28H,16H2,1-3H3,(H,29,31)/t18-,19+,25?,28?/m0/s1. The molecule has 0 aliphatic carbocycles. The number of para-hydroxylation sites is 1. The topological polar surface area (TPSA) is 67.9 Å². The molecular weight excluding hydrogens is 428 g/mol. The van der Waals surface area contributed by atoms with Crippen LogP contribution in [0, 0.1) is 12.8 Å². The van der Waals surface area contributed by atoms with Gasteiger partial charge in [-0.25, -0.2) is 0 Å². The van der Waals surface area contributed by atoms with Gasteiger partial charge in [0.05, 0.1) is 5.69 Å². The van der Waals surface area contributed by atoms with Crippen LogP contribution in [0.4, 0.5) is 11.4 Å². The number of carbonyl (C=O) groups is 2. The lowest BCUT2D eigenvalue weighted by molar-refractivity contribution is 0.0255. The maximum Gasteiger partial charge on any atom is 0.260 e. The van der Waals surface area contributed by atoms with Gasteiger partial charge >= 0.3 is 0 Å². The number of nitrogens with one attached hydrogen (secondary N) is 1. The zero-order valence-corrected chi connectivity index (χ0v) is 19.5. The van der Waals surface area contributed by atoms with E-state index in [9.17, 15) is 9.59 Å². The van der Waals surface area contributed by atoms with Crippen LogP contribution in [0.25, 0.3) is 0 Å². The molecule has 0 spiro atoms. The zero-order valence-electron chi connectivity index (χ0n) is 19.5. The third kappa shape index (κ3) is 3.89. The molecule has 0 bridgehead atoms. The molecule has 0 aromatic heterocycles. The molecule has 2 amide bonds. The highest BCUT2D eigenvalue weighted by Crippen LogP contribution is 2.43. The Labute approximate surface area is 199 Å². The van der Waals surface area contributed by atoms with Gasteiger partial charge in [-0.3, -0.25) is 14.5 Å². The fraction of sp³-hybridized carbons (Fsp3) is 0.286. The van der Waals surface area contributed by atoms with E-state index in [1.165, 1.54) is 0 Å². The SMILES string of the molecule is Cc1ccccc1C(=O)Nc1ccc(C(=O)N2c3ccccc3[C@@H](C)[C@@H](C)C3OCOC32)cc1. The summed E-state index contributed by atoms with van der Waals surface area (Å²) < 4.78 is 11.8. The molecule has 6 heteroatoms. The Balaban J connectivity index is 1.43. The second-order valence-corrected chi connectivity index (χ2v) is 9.03. The average molecular weight is 457 g/mol. The summed E-state index contributed by atoms with van der Waals surface area (Å²) in [4.78, 5) is 28.2. The van der Waals surface area contributed by atoms with E-state index in [0.717, 1.165) is 16.8 Å². The van der Waals surface area contributed by atoms with Crippen LogP contribution in [0.1, 0.15) is 51.6 Å². The van der Waals surface area contributed by atoms with Crippen LogP contribution in [0.15, 0.2) is 72.8 Å². The molecule has 174 valence electrons. The molecule has 6 nitrogen and oxygen atoms in total. The van der Waals surface area contributed by atoms with Gasteiger partial charge in [-0.05, 0) is 66.3 Å². The first-order valence-corrected chi connectivity index (χ1v) is 11.6. The van der Waals surface area contributed by atoms with Gasteiger partial charge in [0.15, 0.2) is 6.23 Å². The lowest BCUT2D eigenvalue weighted by atomic mass is 9.85. The Morgan fingerprint density at radius 3 is 2.38 bits per heavy atom. The number of ether oxygens (including phenoxy) is 2. The van der Waals surface area contributed by atoms with Crippen molar-refractivity contribution in [3.05, 3.63) is 95.1 Å². The fourth-order valence-corrected chi connectivity index (χ4v) is 4.88. The predicted molar refractivity (Wildman–Crippen MR) is 131 cm³/mol. The molecule has 0 saturated carbocycles. The first-order chi connectivity index (χ1) is 16.5. The van der Waals surface area contributed by atoms with Crippen LogP contribution in [-0.2, 0) is 9.47 Å². The number of rotatable bonds is 3. The Bertz CT molecular complexity index is 1220. The van der Waals surface area contributed by atoms with E-state index in [1.54, 1.807) is 35.2 Å². The van der Waals surface area contributed by atoms with E-state index >= 15 is 0 Å². The molecule has 4 atom stereocenters. The highest BCUT2D eigenvalue weighted by molar-refractivity contribution is 6.08. The smallest absolute Gasteiger partial charge is 0.260 e. The zero-order chi connectivity index (χ0) is 23.8. The molecule has 1 fully saturated rings. The Morgan fingerprint density at radius 2 is 1.62 bits per heavy atom. The molecule has 2 aliphatic rings. The van der Waals surface area contributed by atoms with E-state index in [0.29, 0.717) is 16.8 Å². The minimum atomic E-state index is -0.492. The summed E-state index contributed by atoms with van der Waals surface area (Å²) in [5, 5.41) is 2.91. The monoisotopic (exact) mass is 456 g/mol. The van der Waals surface area contributed by atoms with Gasteiger partial charge in [0.25, 0.3) is 11.8 Å². The van der Waals surface area contributed by atoms with Gasteiger partial charge in [0, 0.05) is 16.8 Å². The molecule has 2 aliphatic heterocycles. The molecule has 2 unspecified atom stereocenters. The van der Waals surface area contributed by atoms with Crippen molar-refractivity contribution in [1.29, 1.82) is 0 Å². The van der Waals surface area contributed by atoms with Crippen LogP contribution in [0.3, 0.4) is 0 Å². The Morgan fingerprint density at radius 1 is 0.912 bits per heavy atom. The lowest BCUT2D eigenvalue weighted by Gasteiger charge is -2.30. The lowest BCUT2D eigenvalue weighted by Crippen LogP contribution is -2.47. The van der Waals surface area contributed by atoms with Gasteiger partial charge in [0.1, 0.15) is 12.9 Å². The van der Waals surface area contributed by atoms with Gasteiger partial charge < -0.3 is 14.8 Å². The summed E-state index contributed by atoms with van der Waals surface area (Å²) in [6.07, 6.45) is -0.701. The number of amides is 2. The highest BCUT2D eigenvalue weighted by Gasteiger charge is 2.46. The second-order valence-electron chi connectivity index (χ2n) is 9.03. The van der Waals surface area contributed by atoms with Crippen LogP contribution < -0.4 is 10.2 Å². The van der Waals surface area contributed by atoms with Gasteiger partial charge in [-0.2, -0.15) is 0 Å². The summed E-state index contributed by atoms with van der Waals surface area (Å²) in [5.41, 5.74) is 4.62. The Hall–Kier alpha value is -3.48. The van der Waals surface area contributed by atoms with Crippen LogP contribution in [-0.4, -0.2) is 30.9 Å². The molecule has 1 N–H and O–H groups in total. The number of hydrogen-bond acceptors (Lipinski definition) is 4. The minimum Gasteiger partial charge on any atom is -0.347 e. The van der Waals surface area contributed by atoms with E-state index < -0.39 is 6.23 Å². The van der Waals surface area contributed by atoms with Crippen molar-refractivity contribution < 1.29 is 19.1 Å². The second kappa shape index (κ2) is 9.05. The van der Waals surface area contributed by atoms with Crippen molar-refractivity contribution in [1.82, 2.24) is 0 Å². The maximum absolute atomic E-state index is 13.8. The van der Waals surface area contributed by atoms with E-state index in [4.69, 9.17) is 9.47 Å². The van der Waals surface area contributed by atoms with Crippen molar-refractivity contribution >= 4 is 23.2 Å². The van der Waals surface area contributed by atoms with Crippen LogP contribution in [0.5, 0.6) is 0 Å². The highest BCUT2D eigenvalue weighted by atomic mass is 16.7. The van der Waals surface area contributed by atoms with Gasteiger partial charge in [-0.1, -0.05) is 50.2 Å². The number of hydrogen-bond donors (Lipinski definition) is 1. The Kier molecular flexibility index (Phi) is 5.94. The van der Waals surface area contributed by atoms with Crippen molar-refractivity contribution in [2.24, 2.45) is 5.92 Å². The van der Waals surface area contributed by atoms with E-state index in [-0.39, 0.29) is 36.5 Å². The quantitative estimate of drug-likeness (QED) is 0.577. The fourth-order valence-electron chi connectivity index (χ4n) is 4.88. The van der Waals surface area contributed by atoms with Crippen LogP contribution >= 0.6 is 0 Å². The minimum absolute atomic E-state index is 0.161. The van der Waals surface area contributed by atoms with E-state index in [1.807, 2.05) is 43.3 Å². The summed E-state index contributed by atoms with van der Waals surface area (Å²) in [7, 11) is 0. The molecular formula is C28H28N2O4. The largest absolute Gasteiger partial charge is 0.347 e. The number of benzene rings is 3. The first-order valence-electron chi connectivity index (χ1n) is 11.6. The number of carbonyl (C=O) groups excluding carboxylic acids is 2. The van der Waals surface area contributed by atoms with Crippen molar-refractivity contribution in [3.63, 3.8) is 0 Å². The first kappa shape index (κ1) is 22.3. The van der Waals surface area contributed by atoms with Gasteiger partial charge in [-0.15, -0.1) is 0 Å². The molecule has 5 rings (SSSR count). The average Bonchev–Trinajstić information content (AvgIpc) is 3.30. The number of nitrogens with zero attached hydrogens (tertiary/aromatic N) is 1. The molecule has 0 radical (unpaired) electrons. The molecule has 2 heterocycles. The summed E-state index contributed by atoms with van der Waals surface area (Å²) in [5.74, 6) is 0.0553. The molecule has 34 heavy (non-hydrogen) atoms. The summed E-state index contributed by atoms with van der Waals surface area (Å²) in [6, 6.07) is 22.4. The van der Waals surface area contributed by atoms with Gasteiger partial charge in [0.2, 0.25) is 0 Å². The van der Waals surface area contributed by atoms with Crippen LogP contribution in [0.2, 0.25) is 0 Å². The molecule has 1 saturated heterocycles. The number of fused-ring (bicyclic) bond motifs is 2. The third-order valence-electron chi connectivity index (χ3n) is 7.03. The molecule has 3 aromatic rings. The summed E-state index contributed by atoms with van der Waals surface area (Å²) >= 11 is 0. The van der Waals surface area contributed by atoms with Crippen molar-refractivity contribution in [2.75, 3.05) is 17.0 Å². The number of aryl methyl sites for hydroxylation is 1. The van der Waals surface area contributed by atoms with Crippen molar-refractivity contribution in [3.8, 4) is 0 Å². The van der Waals surface area contributed by atoms with Crippen molar-refractivity contribution in [2.45, 2.75) is 39.0 Å². The third-order valence-corrected chi connectivity index (χ3v) is 7.03. The number of anilines is 2. The molecule has 3 aromatic carbocycles.